The maximum absolute atomic E-state index is 12.6. The molecule has 1 aliphatic rings. The third kappa shape index (κ3) is 4.83. The molecule has 1 aliphatic heterocycles. The molecule has 6 nitrogen and oxygen atoms in total. The number of aryl methyl sites for hydroxylation is 1. The van der Waals surface area contributed by atoms with Crippen molar-refractivity contribution in [3.05, 3.63) is 65.0 Å². The van der Waals surface area contributed by atoms with Gasteiger partial charge in [-0.1, -0.05) is 47.1 Å². The van der Waals surface area contributed by atoms with Crippen LogP contribution in [0.1, 0.15) is 24.3 Å². The minimum Gasteiger partial charge on any atom is -0.338 e. The number of hydrogen-bond donors (Lipinski definition) is 1. The fourth-order valence-corrected chi connectivity index (χ4v) is 3.65. The van der Waals surface area contributed by atoms with Crippen LogP contribution in [0, 0.1) is 12.8 Å². The van der Waals surface area contributed by atoms with E-state index in [0.29, 0.717) is 23.3 Å². The van der Waals surface area contributed by atoms with Crippen molar-refractivity contribution in [2.45, 2.75) is 26.3 Å². The van der Waals surface area contributed by atoms with Crippen LogP contribution >= 0.6 is 11.6 Å². The predicted molar refractivity (Wildman–Crippen MR) is 113 cm³/mol. The van der Waals surface area contributed by atoms with Gasteiger partial charge in [0.05, 0.1) is 6.54 Å². The number of nitrogens with zero attached hydrogens (tertiary/aromatic N) is 3. The van der Waals surface area contributed by atoms with Gasteiger partial charge in [-0.2, -0.15) is 4.98 Å². The molecule has 2 aromatic carbocycles. The molecule has 1 fully saturated rings. The third-order valence-electron chi connectivity index (χ3n) is 5.24. The molecule has 1 N–H and O–H groups in total. The molecule has 0 bridgehead atoms. The zero-order chi connectivity index (χ0) is 20.2. The number of aromatic nitrogens is 2. The lowest BCUT2D eigenvalue weighted by atomic mass is 9.95. The highest BCUT2D eigenvalue weighted by Gasteiger charge is 2.26. The van der Waals surface area contributed by atoms with E-state index < -0.39 is 0 Å². The van der Waals surface area contributed by atoms with E-state index in [-0.39, 0.29) is 11.8 Å². The molecular formula is C22H23ClN4O2. The summed E-state index contributed by atoms with van der Waals surface area (Å²) in [4.78, 5) is 19.3. The van der Waals surface area contributed by atoms with Crippen LogP contribution in [0.2, 0.25) is 5.02 Å². The first kappa shape index (κ1) is 19.6. The Hall–Kier alpha value is -2.70. The van der Waals surface area contributed by atoms with Crippen LogP contribution in [0.4, 0.5) is 5.69 Å². The van der Waals surface area contributed by atoms with Gasteiger partial charge in [0.15, 0.2) is 0 Å². The van der Waals surface area contributed by atoms with Crippen LogP contribution in [0.15, 0.2) is 53.1 Å². The summed E-state index contributed by atoms with van der Waals surface area (Å²) in [5.41, 5.74) is 2.68. The average molecular weight is 411 g/mol. The number of benzene rings is 2. The second-order valence-corrected chi connectivity index (χ2v) is 7.79. The van der Waals surface area contributed by atoms with Gasteiger partial charge in [0.2, 0.25) is 17.6 Å². The van der Waals surface area contributed by atoms with Gasteiger partial charge < -0.3 is 9.84 Å². The summed E-state index contributed by atoms with van der Waals surface area (Å²) in [6, 6.07) is 15.3. The Bertz CT molecular complexity index is 981. The lowest BCUT2D eigenvalue weighted by Gasteiger charge is -2.30. The molecule has 7 heteroatoms. The van der Waals surface area contributed by atoms with Gasteiger partial charge in [0.1, 0.15) is 0 Å². The molecule has 2 heterocycles. The molecule has 0 spiro atoms. The summed E-state index contributed by atoms with van der Waals surface area (Å²) < 4.78 is 5.40. The Morgan fingerprint density at radius 1 is 1.21 bits per heavy atom. The van der Waals surface area contributed by atoms with E-state index in [2.05, 4.69) is 20.4 Å². The van der Waals surface area contributed by atoms with Crippen LogP contribution in [-0.4, -0.2) is 34.0 Å². The molecule has 0 aliphatic carbocycles. The van der Waals surface area contributed by atoms with Crippen LogP contribution in [-0.2, 0) is 11.3 Å². The van der Waals surface area contributed by atoms with Gasteiger partial charge >= 0.3 is 0 Å². The number of piperidine rings is 1. The van der Waals surface area contributed by atoms with Crippen molar-refractivity contribution >= 4 is 23.2 Å². The molecular weight excluding hydrogens is 388 g/mol. The summed E-state index contributed by atoms with van der Waals surface area (Å²) >= 11 is 6.05. The molecule has 1 aromatic heterocycles. The van der Waals surface area contributed by atoms with Crippen molar-refractivity contribution in [1.29, 1.82) is 0 Å². The topological polar surface area (TPSA) is 71.3 Å². The molecule has 0 unspecified atom stereocenters. The van der Waals surface area contributed by atoms with Crippen LogP contribution in [0.5, 0.6) is 0 Å². The Labute approximate surface area is 174 Å². The molecule has 1 amide bonds. The Kier molecular flexibility index (Phi) is 5.92. The summed E-state index contributed by atoms with van der Waals surface area (Å²) in [5, 5.41) is 7.78. The van der Waals surface area contributed by atoms with Crippen molar-refractivity contribution in [2.75, 3.05) is 18.4 Å². The average Bonchev–Trinajstić information content (AvgIpc) is 3.20. The number of carbonyl (C=O) groups is 1. The highest BCUT2D eigenvalue weighted by Crippen LogP contribution is 2.24. The Morgan fingerprint density at radius 3 is 2.69 bits per heavy atom. The van der Waals surface area contributed by atoms with E-state index in [0.717, 1.165) is 42.7 Å². The fraction of sp³-hybridized carbons (Fsp3) is 0.318. The van der Waals surface area contributed by atoms with Crippen molar-refractivity contribution in [1.82, 2.24) is 15.0 Å². The molecule has 3 aromatic rings. The number of anilines is 1. The maximum atomic E-state index is 12.6. The van der Waals surface area contributed by atoms with Gasteiger partial charge in [-0.25, -0.2) is 0 Å². The fourth-order valence-electron chi connectivity index (χ4n) is 3.53. The number of likely N-dealkylation sites (tertiary alicyclic amines) is 1. The zero-order valence-corrected chi connectivity index (χ0v) is 17.0. The second kappa shape index (κ2) is 8.76. The van der Waals surface area contributed by atoms with Gasteiger partial charge in [-0.15, -0.1) is 0 Å². The molecule has 0 atom stereocenters. The highest BCUT2D eigenvalue weighted by molar-refractivity contribution is 6.31. The normalized spacial score (nSPS) is 15.4. The first-order chi connectivity index (χ1) is 14.1. The van der Waals surface area contributed by atoms with E-state index in [4.69, 9.17) is 16.1 Å². The SMILES string of the molecule is Cc1cc(NC(=O)C2CCN(Cc3nc(-c4ccccc4)no3)CC2)ccc1Cl. The van der Waals surface area contributed by atoms with Crippen LogP contribution < -0.4 is 5.32 Å². The standard InChI is InChI=1S/C22H23ClN4O2/c1-15-13-18(7-8-19(15)23)24-22(28)17-9-11-27(12-10-17)14-20-25-21(26-29-20)16-5-3-2-4-6-16/h2-8,13,17H,9-12,14H2,1H3,(H,24,28). The largest absolute Gasteiger partial charge is 0.338 e. The Morgan fingerprint density at radius 2 is 1.97 bits per heavy atom. The zero-order valence-electron chi connectivity index (χ0n) is 16.3. The first-order valence-electron chi connectivity index (χ1n) is 9.76. The van der Waals surface area contributed by atoms with Crippen LogP contribution in [0.3, 0.4) is 0 Å². The van der Waals surface area contributed by atoms with E-state index in [9.17, 15) is 4.79 Å². The van der Waals surface area contributed by atoms with Crippen molar-refractivity contribution < 1.29 is 9.32 Å². The smallest absolute Gasteiger partial charge is 0.241 e. The van der Waals surface area contributed by atoms with Gasteiger partial charge in [-0.3, -0.25) is 9.69 Å². The first-order valence-corrected chi connectivity index (χ1v) is 10.1. The van der Waals surface area contributed by atoms with Crippen molar-refractivity contribution in [3.8, 4) is 11.4 Å². The molecule has 1 saturated heterocycles. The summed E-state index contributed by atoms with van der Waals surface area (Å²) in [6.45, 7) is 4.17. The summed E-state index contributed by atoms with van der Waals surface area (Å²) in [6.07, 6.45) is 1.61. The van der Waals surface area contributed by atoms with E-state index in [1.165, 1.54) is 0 Å². The quantitative estimate of drug-likeness (QED) is 0.668. The number of amides is 1. The van der Waals surface area contributed by atoms with Crippen molar-refractivity contribution in [3.63, 3.8) is 0 Å². The second-order valence-electron chi connectivity index (χ2n) is 7.38. The monoisotopic (exact) mass is 410 g/mol. The van der Waals surface area contributed by atoms with E-state index in [1.807, 2.05) is 55.5 Å². The molecule has 150 valence electrons. The van der Waals surface area contributed by atoms with E-state index in [1.54, 1.807) is 0 Å². The molecule has 0 saturated carbocycles. The Balaban J connectivity index is 1.29. The van der Waals surface area contributed by atoms with Crippen LogP contribution in [0.25, 0.3) is 11.4 Å². The molecule has 29 heavy (non-hydrogen) atoms. The molecule has 4 rings (SSSR count). The summed E-state index contributed by atoms with van der Waals surface area (Å²) in [7, 11) is 0. The summed E-state index contributed by atoms with van der Waals surface area (Å²) in [5.74, 6) is 1.27. The highest BCUT2D eigenvalue weighted by atomic mass is 35.5. The van der Waals surface area contributed by atoms with E-state index >= 15 is 0 Å². The lowest BCUT2D eigenvalue weighted by Crippen LogP contribution is -2.37. The number of rotatable bonds is 5. The van der Waals surface area contributed by atoms with Gasteiger partial charge in [0, 0.05) is 22.2 Å². The maximum Gasteiger partial charge on any atom is 0.241 e. The van der Waals surface area contributed by atoms with Crippen molar-refractivity contribution in [2.24, 2.45) is 5.92 Å². The molecule has 0 radical (unpaired) electrons. The minimum atomic E-state index is 0.00444. The van der Waals surface area contributed by atoms with Gasteiger partial charge in [0.25, 0.3) is 0 Å². The number of halogens is 1. The lowest BCUT2D eigenvalue weighted by molar-refractivity contribution is -0.121. The number of hydrogen-bond acceptors (Lipinski definition) is 5. The van der Waals surface area contributed by atoms with Gasteiger partial charge in [-0.05, 0) is 56.6 Å². The predicted octanol–water partition coefficient (Wildman–Crippen LogP) is 4.55. The number of nitrogens with one attached hydrogen (secondary N) is 1. The third-order valence-corrected chi connectivity index (χ3v) is 5.67. The number of carbonyl (C=O) groups excluding carboxylic acids is 1. The minimum absolute atomic E-state index is 0.00444.